The molecular weight excluding hydrogens is 266 g/mol. The molecule has 100 valence electrons. The second-order valence-electron chi connectivity index (χ2n) is 4.24. The molecule has 1 aromatic heterocycles. The predicted molar refractivity (Wildman–Crippen MR) is 72.8 cm³/mol. The lowest BCUT2D eigenvalue weighted by molar-refractivity contribution is 0.0782. The number of anilines is 1. The molecule has 0 bridgehead atoms. The SMILES string of the molecule is Cc1nc(CN(C)C(=O)c2cc(N)ccc2Cl)n[nH]1. The fraction of sp³-hybridized carbons (Fsp3) is 0.250. The molecule has 0 saturated carbocycles. The highest BCUT2D eigenvalue weighted by Crippen LogP contribution is 2.20. The van der Waals surface area contributed by atoms with Gasteiger partial charge in [0.1, 0.15) is 5.82 Å². The zero-order chi connectivity index (χ0) is 14.0. The van der Waals surface area contributed by atoms with Crippen molar-refractivity contribution in [1.29, 1.82) is 0 Å². The van der Waals surface area contributed by atoms with Crippen LogP contribution >= 0.6 is 11.6 Å². The summed E-state index contributed by atoms with van der Waals surface area (Å²) < 4.78 is 0. The molecule has 0 aliphatic rings. The second-order valence-corrected chi connectivity index (χ2v) is 4.64. The molecule has 0 aliphatic carbocycles. The van der Waals surface area contributed by atoms with Crippen LogP contribution in [-0.4, -0.2) is 33.0 Å². The zero-order valence-corrected chi connectivity index (χ0v) is 11.4. The van der Waals surface area contributed by atoms with Crippen molar-refractivity contribution < 1.29 is 4.79 Å². The summed E-state index contributed by atoms with van der Waals surface area (Å²) in [5, 5.41) is 7.08. The lowest BCUT2D eigenvalue weighted by atomic mass is 10.2. The predicted octanol–water partition coefficient (Wildman–Crippen LogP) is 1.62. The van der Waals surface area contributed by atoms with Crippen LogP contribution in [0.1, 0.15) is 22.0 Å². The first-order valence-electron chi connectivity index (χ1n) is 5.65. The minimum absolute atomic E-state index is 0.222. The molecule has 1 heterocycles. The number of aryl methyl sites for hydroxylation is 1. The number of nitrogens with one attached hydrogen (secondary N) is 1. The van der Waals surface area contributed by atoms with Gasteiger partial charge in [0.15, 0.2) is 5.82 Å². The van der Waals surface area contributed by atoms with E-state index in [1.807, 2.05) is 0 Å². The van der Waals surface area contributed by atoms with Gasteiger partial charge in [-0.25, -0.2) is 4.98 Å². The Morgan fingerprint density at radius 1 is 1.53 bits per heavy atom. The van der Waals surface area contributed by atoms with E-state index >= 15 is 0 Å². The molecule has 3 N–H and O–H groups in total. The summed E-state index contributed by atoms with van der Waals surface area (Å²) in [6, 6.07) is 4.82. The highest BCUT2D eigenvalue weighted by Gasteiger charge is 2.17. The number of halogens is 1. The summed E-state index contributed by atoms with van der Waals surface area (Å²) in [4.78, 5) is 17.9. The van der Waals surface area contributed by atoms with Crippen LogP contribution in [0.5, 0.6) is 0 Å². The number of nitrogens with two attached hydrogens (primary N) is 1. The summed E-state index contributed by atoms with van der Waals surface area (Å²) in [5.74, 6) is 1.03. The van der Waals surface area contributed by atoms with E-state index in [0.717, 1.165) is 0 Å². The van der Waals surface area contributed by atoms with Gasteiger partial charge in [0.25, 0.3) is 5.91 Å². The first-order chi connectivity index (χ1) is 8.97. The number of aromatic nitrogens is 3. The average Bonchev–Trinajstić information content (AvgIpc) is 2.77. The molecule has 0 spiro atoms. The van der Waals surface area contributed by atoms with E-state index in [1.54, 1.807) is 32.2 Å². The molecule has 0 atom stereocenters. The lowest BCUT2D eigenvalue weighted by Gasteiger charge is -2.16. The summed E-state index contributed by atoms with van der Waals surface area (Å²) >= 11 is 6.00. The van der Waals surface area contributed by atoms with Crippen molar-refractivity contribution in [2.75, 3.05) is 12.8 Å². The molecule has 0 fully saturated rings. The van der Waals surface area contributed by atoms with Crippen molar-refractivity contribution in [3.8, 4) is 0 Å². The van der Waals surface area contributed by atoms with Gasteiger partial charge in [-0.2, -0.15) is 5.10 Å². The van der Waals surface area contributed by atoms with Crippen molar-refractivity contribution in [3.63, 3.8) is 0 Å². The minimum atomic E-state index is -0.222. The van der Waals surface area contributed by atoms with Gasteiger partial charge in [0.05, 0.1) is 17.1 Å². The number of benzene rings is 1. The quantitative estimate of drug-likeness (QED) is 0.836. The van der Waals surface area contributed by atoms with E-state index in [9.17, 15) is 4.79 Å². The molecule has 0 aliphatic heterocycles. The van der Waals surface area contributed by atoms with Crippen molar-refractivity contribution in [3.05, 3.63) is 40.4 Å². The Hall–Kier alpha value is -2.08. The minimum Gasteiger partial charge on any atom is -0.399 e. The van der Waals surface area contributed by atoms with Crippen molar-refractivity contribution in [1.82, 2.24) is 20.1 Å². The lowest BCUT2D eigenvalue weighted by Crippen LogP contribution is -2.27. The molecule has 19 heavy (non-hydrogen) atoms. The number of rotatable bonds is 3. The fourth-order valence-electron chi connectivity index (χ4n) is 1.66. The summed E-state index contributed by atoms with van der Waals surface area (Å²) in [7, 11) is 1.66. The van der Waals surface area contributed by atoms with Crippen LogP contribution in [0.15, 0.2) is 18.2 Å². The number of carbonyl (C=O) groups is 1. The van der Waals surface area contributed by atoms with E-state index < -0.39 is 0 Å². The van der Waals surface area contributed by atoms with E-state index in [-0.39, 0.29) is 5.91 Å². The third-order valence-corrected chi connectivity index (χ3v) is 2.92. The van der Waals surface area contributed by atoms with Gasteiger partial charge in [-0.3, -0.25) is 9.89 Å². The Bertz CT molecular complexity index is 610. The van der Waals surface area contributed by atoms with E-state index in [2.05, 4.69) is 15.2 Å². The molecule has 1 aromatic carbocycles. The maximum absolute atomic E-state index is 12.2. The topological polar surface area (TPSA) is 87.9 Å². The van der Waals surface area contributed by atoms with Gasteiger partial charge in [-0.15, -0.1) is 0 Å². The molecule has 0 radical (unpaired) electrons. The van der Waals surface area contributed by atoms with Crippen LogP contribution < -0.4 is 5.73 Å². The number of H-pyrrole nitrogens is 1. The number of nitrogen functional groups attached to an aromatic ring is 1. The number of nitrogens with zero attached hydrogens (tertiary/aromatic N) is 3. The van der Waals surface area contributed by atoms with E-state index in [1.165, 1.54) is 4.90 Å². The fourth-order valence-corrected chi connectivity index (χ4v) is 1.85. The number of carbonyl (C=O) groups excluding carboxylic acids is 1. The van der Waals surface area contributed by atoms with Crippen LogP contribution in [-0.2, 0) is 6.54 Å². The number of hydrogen-bond acceptors (Lipinski definition) is 4. The van der Waals surface area contributed by atoms with Crippen molar-refractivity contribution in [2.24, 2.45) is 0 Å². The monoisotopic (exact) mass is 279 g/mol. The first-order valence-corrected chi connectivity index (χ1v) is 6.03. The highest BCUT2D eigenvalue weighted by atomic mass is 35.5. The second kappa shape index (κ2) is 5.27. The van der Waals surface area contributed by atoms with Gasteiger partial charge in [0, 0.05) is 12.7 Å². The van der Waals surface area contributed by atoms with Gasteiger partial charge >= 0.3 is 0 Å². The van der Waals surface area contributed by atoms with Crippen molar-refractivity contribution in [2.45, 2.75) is 13.5 Å². The van der Waals surface area contributed by atoms with Gasteiger partial charge in [0.2, 0.25) is 0 Å². The molecule has 0 unspecified atom stereocenters. The molecule has 7 heteroatoms. The number of hydrogen-bond donors (Lipinski definition) is 2. The number of aromatic amines is 1. The van der Waals surface area contributed by atoms with Crippen LogP contribution in [0.4, 0.5) is 5.69 Å². The first kappa shape index (κ1) is 13.4. The Kier molecular flexibility index (Phi) is 3.71. The molecule has 6 nitrogen and oxygen atoms in total. The Balaban J connectivity index is 2.16. The van der Waals surface area contributed by atoms with Crippen LogP contribution in [0.3, 0.4) is 0 Å². The standard InChI is InChI=1S/C12H14ClN5O/c1-7-15-11(17-16-7)6-18(2)12(19)9-5-8(14)3-4-10(9)13/h3-5H,6,14H2,1-2H3,(H,15,16,17). The molecule has 2 aromatic rings. The summed E-state index contributed by atoms with van der Waals surface area (Å²) in [6.07, 6.45) is 0. The third kappa shape index (κ3) is 3.03. The maximum Gasteiger partial charge on any atom is 0.255 e. The normalized spacial score (nSPS) is 10.5. The Labute approximate surface area is 115 Å². The Morgan fingerprint density at radius 3 is 2.89 bits per heavy atom. The molecule has 1 amide bonds. The Morgan fingerprint density at radius 2 is 2.26 bits per heavy atom. The van der Waals surface area contributed by atoms with Crippen LogP contribution in [0.2, 0.25) is 5.02 Å². The van der Waals surface area contributed by atoms with E-state index in [0.29, 0.717) is 34.5 Å². The smallest absolute Gasteiger partial charge is 0.255 e. The van der Waals surface area contributed by atoms with Gasteiger partial charge < -0.3 is 10.6 Å². The third-order valence-electron chi connectivity index (χ3n) is 2.59. The summed E-state index contributed by atoms with van der Waals surface area (Å²) in [5.41, 5.74) is 6.53. The largest absolute Gasteiger partial charge is 0.399 e. The van der Waals surface area contributed by atoms with E-state index in [4.69, 9.17) is 17.3 Å². The average molecular weight is 280 g/mol. The van der Waals surface area contributed by atoms with Gasteiger partial charge in [-0.05, 0) is 25.1 Å². The number of amides is 1. The molecule has 0 saturated heterocycles. The molecule has 2 rings (SSSR count). The van der Waals surface area contributed by atoms with Gasteiger partial charge in [-0.1, -0.05) is 11.6 Å². The zero-order valence-electron chi connectivity index (χ0n) is 10.6. The highest BCUT2D eigenvalue weighted by molar-refractivity contribution is 6.33. The van der Waals surface area contributed by atoms with Crippen molar-refractivity contribution >= 4 is 23.2 Å². The molecular formula is C12H14ClN5O. The van der Waals surface area contributed by atoms with Crippen LogP contribution in [0, 0.1) is 6.92 Å². The summed E-state index contributed by atoms with van der Waals surface area (Å²) in [6.45, 7) is 2.10. The van der Waals surface area contributed by atoms with Crippen LogP contribution in [0.25, 0.3) is 0 Å². The maximum atomic E-state index is 12.2.